The molecule has 2 atom stereocenters. The summed E-state index contributed by atoms with van der Waals surface area (Å²) in [6.45, 7) is 6.51. The summed E-state index contributed by atoms with van der Waals surface area (Å²) < 4.78 is 48.5. The number of carbonyl (C=O) groups is 2. The Morgan fingerprint density at radius 3 is 2.46 bits per heavy atom. The van der Waals surface area contributed by atoms with Crippen LogP contribution in [-0.4, -0.2) is 53.4 Å². The second kappa shape index (κ2) is 10.8. The van der Waals surface area contributed by atoms with Gasteiger partial charge in [-0.2, -0.15) is 0 Å². The summed E-state index contributed by atoms with van der Waals surface area (Å²) in [5.74, 6) is -0.185. The number of alkyl halides is 3. The lowest BCUT2D eigenvalue weighted by molar-refractivity contribution is -0.274. The van der Waals surface area contributed by atoms with Gasteiger partial charge in [-0.1, -0.05) is 20.8 Å². The Morgan fingerprint density at radius 1 is 1.15 bits per heavy atom. The van der Waals surface area contributed by atoms with Crippen LogP contribution in [0.5, 0.6) is 5.75 Å². The van der Waals surface area contributed by atoms with Gasteiger partial charge in [-0.3, -0.25) is 9.59 Å². The van der Waals surface area contributed by atoms with E-state index in [0.29, 0.717) is 28.6 Å². The maximum absolute atomic E-state index is 13.1. The molecule has 1 fully saturated rings. The number of aromatic nitrogens is 2. The number of amides is 1. The number of nitrogens with zero attached hydrogens (tertiary/aromatic N) is 3. The van der Waals surface area contributed by atoms with Crippen molar-refractivity contribution in [3.05, 3.63) is 48.0 Å². The molecule has 0 radical (unpaired) electrons. The number of imidazole rings is 1. The quantitative estimate of drug-likeness (QED) is 0.350. The Bertz CT molecular complexity index is 1350. The summed E-state index contributed by atoms with van der Waals surface area (Å²) in [4.78, 5) is 30.9. The minimum atomic E-state index is -4.77. The summed E-state index contributed by atoms with van der Waals surface area (Å²) in [7, 11) is 2.80. The second-order valence-electron chi connectivity index (χ2n) is 11.0. The molecule has 8 nitrogen and oxygen atoms in total. The van der Waals surface area contributed by atoms with E-state index in [0.717, 1.165) is 24.8 Å². The van der Waals surface area contributed by atoms with Crippen molar-refractivity contribution in [3.63, 3.8) is 0 Å². The van der Waals surface area contributed by atoms with E-state index in [1.54, 1.807) is 18.2 Å². The number of halogens is 3. The van der Waals surface area contributed by atoms with Crippen LogP contribution in [0, 0.1) is 11.3 Å². The monoisotopic (exact) mass is 546 g/mol. The van der Waals surface area contributed by atoms with Gasteiger partial charge in [-0.05, 0) is 73.1 Å². The van der Waals surface area contributed by atoms with Gasteiger partial charge in [0.25, 0.3) is 5.91 Å². The molecule has 1 aliphatic carbocycles. The third-order valence-corrected chi connectivity index (χ3v) is 6.95. The number of methoxy groups -OCH3 is 1. The molecule has 3 aromatic rings. The normalized spacial score (nSPS) is 19.0. The Labute approximate surface area is 225 Å². The molecule has 2 aromatic carbocycles. The lowest BCUT2D eigenvalue weighted by atomic mass is 9.70. The zero-order valence-electron chi connectivity index (χ0n) is 22.6. The van der Waals surface area contributed by atoms with Crippen LogP contribution in [0.1, 0.15) is 56.4 Å². The molecule has 1 heterocycles. The van der Waals surface area contributed by atoms with Crippen molar-refractivity contribution in [2.75, 3.05) is 26.0 Å². The number of carbonyl (C=O) groups excluding carboxylic acids is 2. The Kier molecular flexibility index (Phi) is 7.81. The van der Waals surface area contributed by atoms with Crippen molar-refractivity contribution in [2.45, 2.75) is 52.4 Å². The predicted octanol–water partition coefficient (Wildman–Crippen LogP) is 6.31. The molecule has 1 amide bonds. The highest BCUT2D eigenvalue weighted by molar-refractivity contribution is 5.99. The van der Waals surface area contributed by atoms with Crippen LogP contribution >= 0.6 is 0 Å². The van der Waals surface area contributed by atoms with Gasteiger partial charge in [0.1, 0.15) is 12.3 Å². The molecule has 1 aromatic heterocycles. The van der Waals surface area contributed by atoms with Crippen molar-refractivity contribution in [2.24, 2.45) is 11.3 Å². The third-order valence-electron chi connectivity index (χ3n) is 6.95. The fourth-order valence-electron chi connectivity index (χ4n) is 5.60. The topological polar surface area (TPSA) is 85.7 Å². The molecule has 0 saturated heterocycles. The summed E-state index contributed by atoms with van der Waals surface area (Å²) in [5, 5.41) is 3.26. The first-order chi connectivity index (χ1) is 18.2. The summed E-state index contributed by atoms with van der Waals surface area (Å²) in [5.41, 5.74) is 2.44. The standard InChI is InChI=1S/C28H33F3N4O4/c1-17-12-20(15-27(2,3)14-17)35-23-13-18(25(37)34(4)16-24(36)38-5)6-11-22(23)33-26(35)32-19-7-9-21(10-8-19)39-28(29,30)31/h6-11,13,17,20H,12,14-16H2,1-5H3,(H,32,33). The molecule has 2 unspecified atom stereocenters. The van der Waals surface area contributed by atoms with Gasteiger partial charge in [0.15, 0.2) is 0 Å². The van der Waals surface area contributed by atoms with Gasteiger partial charge in [0, 0.05) is 24.3 Å². The van der Waals surface area contributed by atoms with E-state index in [2.05, 4.69) is 40.1 Å². The van der Waals surface area contributed by atoms with Crippen LogP contribution in [-0.2, 0) is 9.53 Å². The molecule has 1 N–H and O–H groups in total. The number of rotatable bonds is 7. The van der Waals surface area contributed by atoms with Crippen molar-refractivity contribution in [3.8, 4) is 5.75 Å². The molecule has 1 saturated carbocycles. The summed E-state index contributed by atoms with van der Waals surface area (Å²) in [6, 6.07) is 10.7. The number of anilines is 2. The number of ether oxygens (including phenoxy) is 2. The van der Waals surface area contributed by atoms with E-state index in [1.807, 2.05) is 0 Å². The zero-order valence-corrected chi connectivity index (χ0v) is 22.6. The van der Waals surface area contributed by atoms with Gasteiger partial charge < -0.3 is 24.3 Å². The molecule has 39 heavy (non-hydrogen) atoms. The fraction of sp³-hybridized carbons (Fsp3) is 0.464. The van der Waals surface area contributed by atoms with E-state index >= 15 is 0 Å². The first-order valence-corrected chi connectivity index (χ1v) is 12.7. The minimum Gasteiger partial charge on any atom is -0.468 e. The van der Waals surface area contributed by atoms with Crippen molar-refractivity contribution >= 4 is 34.5 Å². The lowest BCUT2D eigenvalue weighted by Crippen LogP contribution is -2.32. The number of hydrogen-bond acceptors (Lipinski definition) is 6. The fourth-order valence-corrected chi connectivity index (χ4v) is 5.60. The number of nitrogens with one attached hydrogen (secondary N) is 1. The molecule has 1 aliphatic rings. The van der Waals surface area contributed by atoms with E-state index in [9.17, 15) is 22.8 Å². The maximum Gasteiger partial charge on any atom is 0.573 e. The molecule has 0 aliphatic heterocycles. The smallest absolute Gasteiger partial charge is 0.468 e. The minimum absolute atomic E-state index is 0.0715. The van der Waals surface area contributed by atoms with E-state index < -0.39 is 12.3 Å². The average Bonchev–Trinajstić information content (AvgIpc) is 3.19. The number of hydrogen-bond donors (Lipinski definition) is 1. The Hall–Kier alpha value is -3.76. The molecule has 4 rings (SSSR count). The molecule has 210 valence electrons. The molecule has 0 bridgehead atoms. The van der Waals surface area contributed by atoms with Crippen molar-refractivity contribution < 1.29 is 32.2 Å². The van der Waals surface area contributed by atoms with Crippen LogP contribution in [0.15, 0.2) is 42.5 Å². The molecular weight excluding hydrogens is 513 g/mol. The van der Waals surface area contributed by atoms with Crippen LogP contribution in [0.4, 0.5) is 24.8 Å². The number of fused-ring (bicyclic) bond motifs is 1. The van der Waals surface area contributed by atoms with Crippen LogP contribution in [0.3, 0.4) is 0 Å². The van der Waals surface area contributed by atoms with Gasteiger partial charge >= 0.3 is 12.3 Å². The largest absolute Gasteiger partial charge is 0.573 e. The zero-order chi connectivity index (χ0) is 28.5. The van der Waals surface area contributed by atoms with Gasteiger partial charge in [-0.25, -0.2) is 4.98 Å². The summed E-state index contributed by atoms with van der Waals surface area (Å²) in [6.07, 6.45) is -1.90. The third kappa shape index (κ3) is 6.82. The number of likely N-dealkylation sites (N-methyl/N-ethyl adjacent to an activating group) is 1. The molecule has 11 heteroatoms. The highest BCUT2D eigenvalue weighted by atomic mass is 19.4. The van der Waals surface area contributed by atoms with E-state index in [1.165, 1.54) is 43.3 Å². The first kappa shape index (κ1) is 28.3. The van der Waals surface area contributed by atoms with Gasteiger partial charge in [0.05, 0.1) is 18.1 Å². The lowest BCUT2D eigenvalue weighted by Gasteiger charge is -2.40. The van der Waals surface area contributed by atoms with Crippen molar-refractivity contribution in [1.82, 2.24) is 14.5 Å². The highest BCUT2D eigenvalue weighted by Gasteiger charge is 2.35. The Balaban J connectivity index is 1.73. The average molecular weight is 547 g/mol. The molecular formula is C28H33F3N4O4. The van der Waals surface area contributed by atoms with E-state index in [4.69, 9.17) is 4.98 Å². The van der Waals surface area contributed by atoms with Crippen molar-refractivity contribution in [1.29, 1.82) is 0 Å². The maximum atomic E-state index is 13.1. The van der Waals surface area contributed by atoms with Crippen LogP contribution in [0.25, 0.3) is 11.0 Å². The second-order valence-corrected chi connectivity index (χ2v) is 11.0. The number of esters is 1. The number of benzene rings is 2. The SMILES string of the molecule is COC(=O)CN(C)C(=O)c1ccc2nc(Nc3ccc(OC(F)(F)F)cc3)n(C3CC(C)CC(C)(C)C3)c2c1. The summed E-state index contributed by atoms with van der Waals surface area (Å²) >= 11 is 0. The highest BCUT2D eigenvalue weighted by Crippen LogP contribution is 2.46. The predicted molar refractivity (Wildman–Crippen MR) is 141 cm³/mol. The van der Waals surface area contributed by atoms with Gasteiger partial charge in [-0.15, -0.1) is 13.2 Å². The van der Waals surface area contributed by atoms with Gasteiger partial charge in [0.2, 0.25) is 5.95 Å². The van der Waals surface area contributed by atoms with Crippen LogP contribution in [0.2, 0.25) is 0 Å². The van der Waals surface area contributed by atoms with E-state index in [-0.39, 0.29) is 29.7 Å². The Morgan fingerprint density at radius 2 is 1.85 bits per heavy atom. The first-order valence-electron chi connectivity index (χ1n) is 12.7. The van der Waals surface area contributed by atoms with Crippen LogP contribution < -0.4 is 10.1 Å². The molecule has 0 spiro atoms.